The molecule has 2 aromatic heterocycles. The van der Waals surface area contributed by atoms with E-state index in [1.807, 2.05) is 0 Å². The van der Waals surface area contributed by atoms with E-state index in [0.717, 1.165) is 30.8 Å². The lowest BCUT2D eigenvalue weighted by Gasteiger charge is -2.20. The van der Waals surface area contributed by atoms with E-state index in [1.165, 1.54) is 55.7 Å². The van der Waals surface area contributed by atoms with Crippen molar-refractivity contribution >= 4 is 41.2 Å². The number of carbonyl (C=O) groups excluding carboxylic acids is 4. The van der Waals surface area contributed by atoms with E-state index >= 15 is 0 Å². The average molecular weight is 579 g/mol. The third-order valence-corrected chi connectivity index (χ3v) is 5.77. The molecule has 0 spiro atoms. The van der Waals surface area contributed by atoms with E-state index in [-0.39, 0.29) is 22.2 Å². The zero-order valence-corrected chi connectivity index (χ0v) is 21.7. The topological polar surface area (TPSA) is 146 Å². The number of pyridine rings is 2. The van der Waals surface area contributed by atoms with Crippen LogP contribution in [0.4, 0.5) is 18.9 Å². The Hall–Kier alpha value is -4.66. The fourth-order valence-electron chi connectivity index (χ4n) is 3.03. The summed E-state index contributed by atoms with van der Waals surface area (Å²) >= 11 is 0.949. The number of anilines is 1. The maximum absolute atomic E-state index is 13.1. The summed E-state index contributed by atoms with van der Waals surface area (Å²) in [7, 11) is 0. The number of hydrogen-bond donors (Lipinski definition) is 2. The first kappa shape index (κ1) is 29.9. The lowest BCUT2D eigenvalue weighted by molar-refractivity contribution is -0.274. The summed E-state index contributed by atoms with van der Waals surface area (Å²) < 4.78 is 50.8. The summed E-state index contributed by atoms with van der Waals surface area (Å²) in [6, 6.07) is 10.4. The van der Waals surface area contributed by atoms with Gasteiger partial charge in [-0.2, -0.15) is 0 Å². The lowest BCUT2D eigenvalue weighted by atomic mass is 10.2. The van der Waals surface area contributed by atoms with Gasteiger partial charge in [-0.3, -0.25) is 19.2 Å². The van der Waals surface area contributed by atoms with E-state index in [2.05, 4.69) is 25.3 Å². The van der Waals surface area contributed by atoms with Crippen LogP contribution in [0.5, 0.6) is 11.6 Å². The monoisotopic (exact) mass is 578 g/mol. The zero-order chi connectivity index (χ0) is 29.3. The molecule has 1 atom stereocenters. The van der Waals surface area contributed by atoms with E-state index < -0.39 is 47.8 Å². The maximum atomic E-state index is 13.1. The number of carbonyl (C=O) groups is 4. The van der Waals surface area contributed by atoms with Crippen molar-refractivity contribution in [3.8, 4) is 11.6 Å². The van der Waals surface area contributed by atoms with Crippen molar-refractivity contribution in [3.63, 3.8) is 0 Å². The van der Waals surface area contributed by atoms with Crippen LogP contribution in [0, 0.1) is 0 Å². The highest BCUT2D eigenvalue weighted by molar-refractivity contribution is 7.99. The van der Waals surface area contributed by atoms with Gasteiger partial charge in [0.15, 0.2) is 6.61 Å². The SMILES string of the molecule is CC(=O)OCC(=O)NC(Sc1ncccc1C(=O)Nc1ccc(OC(F)(F)F)cc1)c1ccnc(OC(C)=O)c1. The lowest BCUT2D eigenvalue weighted by Crippen LogP contribution is -2.31. The number of thioether (sulfide) groups is 1. The molecule has 0 fully saturated rings. The Labute approximate surface area is 229 Å². The molecule has 2 N–H and O–H groups in total. The van der Waals surface area contributed by atoms with Gasteiger partial charge in [-0.1, -0.05) is 11.8 Å². The van der Waals surface area contributed by atoms with Crippen molar-refractivity contribution in [1.29, 1.82) is 0 Å². The summed E-state index contributed by atoms with van der Waals surface area (Å²) in [5.74, 6) is -3.08. The molecule has 3 rings (SSSR count). The molecule has 2 heterocycles. The Bertz CT molecular complexity index is 1390. The van der Waals surface area contributed by atoms with Crippen LogP contribution in [0.15, 0.2) is 66.0 Å². The van der Waals surface area contributed by atoms with Crippen LogP contribution in [0.2, 0.25) is 0 Å². The Morgan fingerprint density at radius 2 is 1.70 bits per heavy atom. The highest BCUT2D eigenvalue weighted by atomic mass is 32.2. The Balaban J connectivity index is 1.84. The third kappa shape index (κ3) is 9.58. The average Bonchev–Trinajstić information content (AvgIpc) is 2.87. The van der Waals surface area contributed by atoms with Gasteiger partial charge in [0.2, 0.25) is 5.88 Å². The van der Waals surface area contributed by atoms with Crippen LogP contribution >= 0.6 is 11.8 Å². The highest BCUT2D eigenvalue weighted by Crippen LogP contribution is 2.35. The van der Waals surface area contributed by atoms with Crippen molar-refractivity contribution in [2.45, 2.75) is 30.6 Å². The second-order valence-corrected chi connectivity index (χ2v) is 8.84. The van der Waals surface area contributed by atoms with Gasteiger partial charge in [0.1, 0.15) is 16.1 Å². The molecule has 40 heavy (non-hydrogen) atoms. The highest BCUT2D eigenvalue weighted by Gasteiger charge is 2.31. The second-order valence-electron chi connectivity index (χ2n) is 7.75. The number of rotatable bonds is 10. The predicted molar refractivity (Wildman–Crippen MR) is 134 cm³/mol. The fraction of sp³-hybridized carbons (Fsp3) is 0.200. The molecule has 210 valence electrons. The summed E-state index contributed by atoms with van der Waals surface area (Å²) in [6.45, 7) is 1.76. The third-order valence-electron chi connectivity index (χ3n) is 4.60. The number of aromatic nitrogens is 2. The van der Waals surface area contributed by atoms with E-state index in [1.54, 1.807) is 0 Å². The minimum absolute atomic E-state index is 0.0400. The molecule has 0 aliphatic carbocycles. The van der Waals surface area contributed by atoms with Crippen LogP contribution in [0.1, 0.15) is 35.1 Å². The summed E-state index contributed by atoms with van der Waals surface area (Å²) in [5, 5.41) is 4.48. The fourth-order valence-corrected chi connectivity index (χ4v) is 4.14. The van der Waals surface area contributed by atoms with Crippen LogP contribution in [0.3, 0.4) is 0 Å². The standard InChI is InChI=1S/C25H21F3N4O7S/c1-14(33)37-13-20(35)32-23(16-9-11-29-21(12-16)38-15(2)34)40-24-19(4-3-10-30-24)22(36)31-17-5-7-18(8-6-17)39-25(26,27)28/h3-12,23H,13H2,1-2H3,(H,31,36)(H,32,35). The minimum atomic E-state index is -4.86. The van der Waals surface area contributed by atoms with Gasteiger partial charge in [0.25, 0.3) is 11.8 Å². The molecule has 11 nitrogen and oxygen atoms in total. The molecule has 0 bridgehead atoms. The smallest absolute Gasteiger partial charge is 0.456 e. The van der Waals surface area contributed by atoms with Crippen LogP contribution in [-0.2, 0) is 19.1 Å². The minimum Gasteiger partial charge on any atom is -0.456 e. The number of halogens is 3. The number of esters is 2. The molecule has 0 saturated carbocycles. The molecule has 1 unspecified atom stereocenters. The Morgan fingerprint density at radius 1 is 0.975 bits per heavy atom. The number of benzene rings is 1. The van der Waals surface area contributed by atoms with Crippen LogP contribution in [0.25, 0.3) is 0 Å². The molecule has 0 saturated heterocycles. The van der Waals surface area contributed by atoms with E-state index in [9.17, 15) is 32.3 Å². The second kappa shape index (κ2) is 13.4. The van der Waals surface area contributed by atoms with Crippen molar-refractivity contribution in [2.24, 2.45) is 0 Å². The predicted octanol–water partition coefficient (Wildman–Crippen LogP) is 4.02. The zero-order valence-electron chi connectivity index (χ0n) is 20.9. The molecular formula is C25H21F3N4O7S. The van der Waals surface area contributed by atoms with E-state index in [0.29, 0.717) is 5.56 Å². The number of nitrogens with zero attached hydrogens (tertiary/aromatic N) is 2. The number of alkyl halides is 3. The van der Waals surface area contributed by atoms with Gasteiger partial charge in [-0.15, -0.1) is 13.2 Å². The first-order valence-corrected chi connectivity index (χ1v) is 12.1. The van der Waals surface area contributed by atoms with Crippen molar-refractivity contribution in [3.05, 3.63) is 72.1 Å². The normalized spacial score (nSPS) is 11.6. The van der Waals surface area contributed by atoms with Gasteiger partial charge >= 0.3 is 18.3 Å². The maximum Gasteiger partial charge on any atom is 0.573 e. The summed E-state index contributed by atoms with van der Waals surface area (Å²) in [4.78, 5) is 56.2. The quantitative estimate of drug-likeness (QED) is 0.205. The molecule has 15 heteroatoms. The number of amides is 2. The molecule has 3 aromatic rings. The molecule has 1 aromatic carbocycles. The molecule has 2 amide bonds. The van der Waals surface area contributed by atoms with Crippen LogP contribution in [-0.4, -0.2) is 46.7 Å². The first-order chi connectivity index (χ1) is 18.9. The number of ether oxygens (including phenoxy) is 3. The van der Waals surface area contributed by atoms with Crippen molar-refractivity contribution in [1.82, 2.24) is 15.3 Å². The van der Waals surface area contributed by atoms with Gasteiger partial charge in [-0.05, 0) is 48.0 Å². The van der Waals surface area contributed by atoms with Crippen molar-refractivity contribution < 1.29 is 46.6 Å². The molecular weight excluding hydrogens is 557 g/mol. The number of nitrogens with one attached hydrogen (secondary N) is 2. The van der Waals surface area contributed by atoms with Crippen molar-refractivity contribution in [2.75, 3.05) is 11.9 Å². The van der Waals surface area contributed by atoms with Gasteiger partial charge in [0.05, 0.1) is 5.56 Å². The first-order valence-electron chi connectivity index (χ1n) is 11.3. The van der Waals surface area contributed by atoms with E-state index in [4.69, 9.17) is 9.47 Å². The van der Waals surface area contributed by atoms with Gasteiger partial charge in [-0.25, -0.2) is 9.97 Å². The number of hydrogen-bond acceptors (Lipinski definition) is 10. The van der Waals surface area contributed by atoms with Gasteiger partial charge in [0, 0.05) is 38.0 Å². The summed E-state index contributed by atoms with van der Waals surface area (Å²) in [6.07, 6.45) is -2.10. The molecule has 0 aliphatic rings. The molecule has 0 radical (unpaired) electrons. The van der Waals surface area contributed by atoms with Gasteiger partial charge < -0.3 is 24.8 Å². The molecule has 0 aliphatic heterocycles. The largest absolute Gasteiger partial charge is 0.573 e. The Morgan fingerprint density at radius 3 is 2.35 bits per heavy atom. The summed E-state index contributed by atoms with van der Waals surface area (Å²) in [5.41, 5.74) is 0.673. The van der Waals surface area contributed by atoms with Crippen LogP contribution < -0.4 is 20.1 Å². The Kier molecular flexibility index (Phi) is 10.0.